The molecule has 1 spiro atoms. The summed E-state index contributed by atoms with van der Waals surface area (Å²) in [6, 6.07) is 7.55. The van der Waals surface area contributed by atoms with E-state index in [1.807, 2.05) is 29.2 Å². The van der Waals surface area contributed by atoms with E-state index in [2.05, 4.69) is 10.3 Å². The number of rotatable bonds is 8. The summed E-state index contributed by atoms with van der Waals surface area (Å²) in [6.07, 6.45) is 2.14. The molecule has 0 saturated carbocycles. The number of piperidine rings is 1. The van der Waals surface area contributed by atoms with Crippen LogP contribution < -0.4 is 15.8 Å². The van der Waals surface area contributed by atoms with E-state index in [4.69, 9.17) is 19.9 Å². The van der Waals surface area contributed by atoms with E-state index in [1.165, 1.54) is 0 Å². The van der Waals surface area contributed by atoms with Crippen LogP contribution in [0.5, 0.6) is 5.75 Å². The number of carbonyl (C=O) groups is 1. The van der Waals surface area contributed by atoms with Gasteiger partial charge in [0.05, 0.1) is 31.7 Å². The summed E-state index contributed by atoms with van der Waals surface area (Å²) in [4.78, 5) is 18.8. The molecule has 0 radical (unpaired) electrons. The highest BCUT2D eigenvalue weighted by atomic mass is 16.7. The maximum Gasteiger partial charge on any atom is 0.226 e. The summed E-state index contributed by atoms with van der Waals surface area (Å²) in [5.74, 6) is 1.38. The number of hydrogen-bond donors (Lipinski definition) is 2. The SMILES string of the molecule is COCCOCOc1ccc(CC(=O)N2CCC3(CC2)CN=C(N)N3)cc1. The number of nitrogens with zero attached hydrogens (tertiary/aromatic N) is 2. The van der Waals surface area contributed by atoms with E-state index in [-0.39, 0.29) is 18.2 Å². The number of nitrogens with one attached hydrogen (secondary N) is 1. The van der Waals surface area contributed by atoms with Crippen molar-refractivity contribution in [2.75, 3.05) is 46.8 Å². The van der Waals surface area contributed by atoms with Gasteiger partial charge in [-0.1, -0.05) is 12.1 Å². The van der Waals surface area contributed by atoms with Gasteiger partial charge in [0.15, 0.2) is 12.8 Å². The Bertz CT molecular complexity index is 654. The topological polar surface area (TPSA) is 98.4 Å². The summed E-state index contributed by atoms with van der Waals surface area (Å²) in [7, 11) is 1.63. The molecule has 8 heteroatoms. The molecule has 2 aliphatic heterocycles. The first kappa shape index (κ1) is 19.4. The molecule has 27 heavy (non-hydrogen) atoms. The van der Waals surface area contributed by atoms with Crippen LogP contribution in [0.15, 0.2) is 29.3 Å². The van der Waals surface area contributed by atoms with E-state index in [0.717, 1.165) is 31.5 Å². The van der Waals surface area contributed by atoms with Crippen LogP contribution in [0.2, 0.25) is 0 Å². The molecular weight excluding hydrogens is 348 g/mol. The van der Waals surface area contributed by atoms with E-state index in [0.29, 0.717) is 37.9 Å². The van der Waals surface area contributed by atoms with Crippen LogP contribution in [0.4, 0.5) is 0 Å². The predicted molar refractivity (Wildman–Crippen MR) is 102 cm³/mol. The van der Waals surface area contributed by atoms with Gasteiger partial charge < -0.3 is 30.2 Å². The van der Waals surface area contributed by atoms with Gasteiger partial charge in [-0.3, -0.25) is 9.79 Å². The van der Waals surface area contributed by atoms with Gasteiger partial charge in [0.1, 0.15) is 5.75 Å². The number of guanidine groups is 1. The summed E-state index contributed by atoms with van der Waals surface area (Å²) >= 11 is 0. The van der Waals surface area contributed by atoms with E-state index in [9.17, 15) is 4.79 Å². The van der Waals surface area contributed by atoms with Crippen molar-refractivity contribution in [3.63, 3.8) is 0 Å². The van der Waals surface area contributed by atoms with Crippen molar-refractivity contribution < 1.29 is 19.0 Å². The zero-order valence-corrected chi connectivity index (χ0v) is 15.8. The number of carbonyl (C=O) groups excluding carboxylic acids is 1. The van der Waals surface area contributed by atoms with Gasteiger partial charge in [-0.25, -0.2) is 0 Å². The first-order chi connectivity index (χ1) is 13.1. The normalized spacial score (nSPS) is 18.3. The number of ether oxygens (including phenoxy) is 3. The highest BCUT2D eigenvalue weighted by Crippen LogP contribution is 2.25. The lowest BCUT2D eigenvalue weighted by Gasteiger charge is -2.39. The lowest BCUT2D eigenvalue weighted by molar-refractivity contribution is -0.132. The third-order valence-electron chi connectivity index (χ3n) is 5.04. The maximum atomic E-state index is 12.6. The second kappa shape index (κ2) is 9.05. The van der Waals surface area contributed by atoms with Gasteiger partial charge in [-0.2, -0.15) is 0 Å². The van der Waals surface area contributed by atoms with Crippen molar-refractivity contribution in [2.45, 2.75) is 24.8 Å². The van der Waals surface area contributed by atoms with Crippen molar-refractivity contribution in [3.05, 3.63) is 29.8 Å². The van der Waals surface area contributed by atoms with Crippen LogP contribution >= 0.6 is 0 Å². The quantitative estimate of drug-likeness (QED) is 0.507. The Kier molecular flexibility index (Phi) is 6.52. The molecule has 1 aromatic carbocycles. The summed E-state index contributed by atoms with van der Waals surface area (Å²) in [5.41, 5.74) is 6.66. The Morgan fingerprint density at radius 1 is 1.26 bits per heavy atom. The van der Waals surface area contributed by atoms with Crippen molar-refractivity contribution in [1.29, 1.82) is 0 Å². The number of aliphatic imine (C=N–C) groups is 1. The van der Waals surface area contributed by atoms with Crippen molar-refractivity contribution in [3.8, 4) is 5.75 Å². The summed E-state index contributed by atoms with van der Waals surface area (Å²) < 4.78 is 15.7. The number of benzene rings is 1. The molecule has 0 atom stereocenters. The first-order valence-corrected chi connectivity index (χ1v) is 9.24. The van der Waals surface area contributed by atoms with Gasteiger partial charge in [-0.05, 0) is 30.5 Å². The van der Waals surface area contributed by atoms with E-state index in [1.54, 1.807) is 7.11 Å². The predicted octanol–water partition coefficient (Wildman–Crippen LogP) is 0.508. The van der Waals surface area contributed by atoms with Gasteiger partial charge in [0, 0.05) is 20.2 Å². The molecule has 0 unspecified atom stereocenters. The number of amides is 1. The molecule has 0 bridgehead atoms. The lowest BCUT2D eigenvalue weighted by Crippen LogP contribution is -2.56. The van der Waals surface area contributed by atoms with Crippen molar-refractivity contribution in [1.82, 2.24) is 10.2 Å². The zero-order valence-electron chi connectivity index (χ0n) is 15.8. The molecular formula is C19H28N4O4. The molecule has 0 aliphatic carbocycles. The average molecular weight is 376 g/mol. The second-order valence-electron chi connectivity index (χ2n) is 6.97. The fraction of sp³-hybridized carbons (Fsp3) is 0.579. The molecule has 1 saturated heterocycles. The van der Waals surface area contributed by atoms with Crippen LogP contribution in [-0.4, -0.2) is 69.1 Å². The molecule has 3 N–H and O–H groups in total. The monoisotopic (exact) mass is 376 g/mol. The van der Waals surface area contributed by atoms with Gasteiger partial charge in [0.25, 0.3) is 0 Å². The number of methoxy groups -OCH3 is 1. The average Bonchev–Trinajstić information content (AvgIpc) is 3.03. The van der Waals surface area contributed by atoms with Crippen LogP contribution in [0.3, 0.4) is 0 Å². The minimum atomic E-state index is -0.0504. The Morgan fingerprint density at radius 2 is 2.00 bits per heavy atom. The fourth-order valence-electron chi connectivity index (χ4n) is 3.36. The van der Waals surface area contributed by atoms with E-state index >= 15 is 0 Å². The highest BCUT2D eigenvalue weighted by Gasteiger charge is 2.38. The van der Waals surface area contributed by atoms with Crippen molar-refractivity contribution >= 4 is 11.9 Å². The minimum Gasteiger partial charge on any atom is -0.468 e. The van der Waals surface area contributed by atoms with Gasteiger partial charge in [0.2, 0.25) is 5.91 Å². The Hall–Kier alpha value is -2.32. The first-order valence-electron chi connectivity index (χ1n) is 9.24. The lowest BCUT2D eigenvalue weighted by atomic mass is 9.88. The van der Waals surface area contributed by atoms with Crippen LogP contribution in [0, 0.1) is 0 Å². The fourth-order valence-corrected chi connectivity index (χ4v) is 3.36. The molecule has 3 rings (SSSR count). The zero-order chi connectivity index (χ0) is 19.1. The van der Waals surface area contributed by atoms with Gasteiger partial charge >= 0.3 is 0 Å². The molecule has 2 heterocycles. The standard InChI is InChI=1S/C19H28N4O4/c1-25-10-11-26-14-27-16-4-2-15(3-5-16)12-17(24)23-8-6-19(7-9-23)13-21-18(20)22-19/h2-5H,6-14H2,1H3,(H3,20,21,22). The maximum absolute atomic E-state index is 12.6. The Labute approximate surface area is 159 Å². The molecule has 148 valence electrons. The van der Waals surface area contributed by atoms with E-state index < -0.39 is 0 Å². The third-order valence-corrected chi connectivity index (χ3v) is 5.04. The molecule has 8 nitrogen and oxygen atoms in total. The second-order valence-corrected chi connectivity index (χ2v) is 6.97. The number of hydrogen-bond acceptors (Lipinski definition) is 7. The Balaban J connectivity index is 1.40. The smallest absolute Gasteiger partial charge is 0.226 e. The number of nitrogens with two attached hydrogens (primary N) is 1. The summed E-state index contributed by atoms with van der Waals surface area (Å²) in [5, 5.41) is 3.27. The van der Waals surface area contributed by atoms with Crippen molar-refractivity contribution in [2.24, 2.45) is 10.7 Å². The highest BCUT2D eigenvalue weighted by molar-refractivity contribution is 5.81. The van der Waals surface area contributed by atoms with Crippen LogP contribution in [0.25, 0.3) is 0 Å². The number of likely N-dealkylation sites (tertiary alicyclic amines) is 1. The van der Waals surface area contributed by atoms with Gasteiger partial charge in [-0.15, -0.1) is 0 Å². The van der Waals surface area contributed by atoms with Crippen LogP contribution in [-0.2, 0) is 20.7 Å². The Morgan fingerprint density at radius 3 is 2.63 bits per heavy atom. The summed E-state index contributed by atoms with van der Waals surface area (Å²) in [6.45, 7) is 3.38. The van der Waals surface area contributed by atoms with Crippen LogP contribution in [0.1, 0.15) is 18.4 Å². The minimum absolute atomic E-state index is 0.0504. The molecule has 1 fully saturated rings. The molecule has 1 amide bonds. The largest absolute Gasteiger partial charge is 0.468 e. The molecule has 0 aromatic heterocycles. The third kappa shape index (κ3) is 5.33. The molecule has 2 aliphatic rings. The molecule has 1 aromatic rings.